The number of ether oxygens (including phenoxy) is 1. The van der Waals surface area contributed by atoms with E-state index >= 15 is 0 Å². The highest BCUT2D eigenvalue weighted by atomic mass is 32.2. The topological polar surface area (TPSA) is 63.7 Å². The molecule has 2 aromatic carbocycles. The summed E-state index contributed by atoms with van der Waals surface area (Å²) >= 11 is 0. The van der Waals surface area contributed by atoms with Crippen LogP contribution in [0.15, 0.2) is 42.5 Å². The molecule has 0 amide bonds. The normalized spacial score (nSPS) is 16.8. The summed E-state index contributed by atoms with van der Waals surface area (Å²) in [5.74, 6) is -0.631. The second-order valence-corrected chi connectivity index (χ2v) is 8.59. The Bertz CT molecular complexity index is 1000. The number of carbonyl (C=O) groups is 1. The number of hydrogen-bond acceptors (Lipinski definition) is 4. The first-order valence-corrected chi connectivity index (χ1v) is 10.3. The van der Waals surface area contributed by atoms with Gasteiger partial charge in [-0.3, -0.25) is 4.31 Å². The monoisotopic (exact) mass is 413 g/mol. The van der Waals surface area contributed by atoms with Crippen molar-refractivity contribution in [2.45, 2.75) is 32.2 Å². The van der Waals surface area contributed by atoms with E-state index in [4.69, 9.17) is 4.74 Å². The van der Waals surface area contributed by atoms with E-state index in [0.717, 1.165) is 24.0 Å². The Morgan fingerprint density at radius 2 is 1.82 bits per heavy atom. The van der Waals surface area contributed by atoms with E-state index in [1.807, 2.05) is 0 Å². The van der Waals surface area contributed by atoms with Gasteiger partial charge < -0.3 is 4.74 Å². The highest BCUT2D eigenvalue weighted by molar-refractivity contribution is 7.92. The lowest BCUT2D eigenvalue weighted by atomic mass is 10.1. The van der Waals surface area contributed by atoms with Gasteiger partial charge >= 0.3 is 12.1 Å². The number of benzene rings is 2. The van der Waals surface area contributed by atoms with Crippen LogP contribution in [-0.2, 0) is 34.0 Å². The van der Waals surface area contributed by atoms with Gasteiger partial charge in [0.05, 0.1) is 23.1 Å². The molecule has 0 saturated heterocycles. The molecule has 0 fully saturated rings. The second-order valence-electron chi connectivity index (χ2n) is 6.73. The van der Waals surface area contributed by atoms with Gasteiger partial charge in [0.25, 0.3) is 0 Å². The Balaban J connectivity index is 1.70. The molecule has 1 unspecified atom stereocenters. The van der Waals surface area contributed by atoms with Gasteiger partial charge in [0.1, 0.15) is 6.61 Å². The number of anilines is 1. The van der Waals surface area contributed by atoms with Crippen molar-refractivity contribution in [2.75, 3.05) is 10.6 Å². The van der Waals surface area contributed by atoms with Gasteiger partial charge in [0, 0.05) is 6.04 Å². The standard InChI is InChI=1S/C19H18F3NO4S/c1-12-9-15-10-14(5-8-17(15)23(12)28(2,25)26)18(24)27-11-13-3-6-16(7-4-13)19(20,21)22/h3-8,10,12H,9,11H2,1-2H3. The fraction of sp³-hybridized carbons (Fsp3) is 0.316. The van der Waals surface area contributed by atoms with Crippen molar-refractivity contribution in [1.82, 2.24) is 0 Å². The molecule has 0 spiro atoms. The summed E-state index contributed by atoms with van der Waals surface area (Å²) in [6.45, 7) is 1.61. The molecule has 0 aliphatic carbocycles. The minimum atomic E-state index is -4.42. The third kappa shape index (κ3) is 4.14. The van der Waals surface area contributed by atoms with Crippen molar-refractivity contribution < 1.29 is 31.1 Å². The molecule has 0 N–H and O–H groups in total. The molecule has 28 heavy (non-hydrogen) atoms. The van der Waals surface area contributed by atoms with Crippen molar-refractivity contribution in [3.8, 4) is 0 Å². The summed E-state index contributed by atoms with van der Waals surface area (Å²) in [6, 6.07) is 8.75. The maximum absolute atomic E-state index is 12.6. The molecule has 3 rings (SSSR count). The van der Waals surface area contributed by atoms with E-state index in [1.54, 1.807) is 19.1 Å². The van der Waals surface area contributed by atoms with Crippen LogP contribution in [0.25, 0.3) is 0 Å². The zero-order chi connectivity index (χ0) is 20.7. The summed E-state index contributed by atoms with van der Waals surface area (Å²) in [5.41, 5.74) is 1.18. The Morgan fingerprint density at radius 3 is 2.39 bits per heavy atom. The van der Waals surface area contributed by atoms with Crippen LogP contribution in [0.2, 0.25) is 0 Å². The van der Waals surface area contributed by atoms with Crippen molar-refractivity contribution in [3.63, 3.8) is 0 Å². The molecule has 9 heteroatoms. The highest BCUT2D eigenvalue weighted by Gasteiger charge is 2.33. The Morgan fingerprint density at radius 1 is 1.18 bits per heavy atom. The van der Waals surface area contributed by atoms with Crippen LogP contribution in [0.3, 0.4) is 0 Å². The fourth-order valence-electron chi connectivity index (χ4n) is 3.26. The Hall–Kier alpha value is -2.55. The molecule has 0 saturated carbocycles. The van der Waals surface area contributed by atoms with Gasteiger partial charge in [-0.1, -0.05) is 12.1 Å². The maximum Gasteiger partial charge on any atom is 0.416 e. The van der Waals surface area contributed by atoms with E-state index in [2.05, 4.69) is 0 Å². The summed E-state index contributed by atoms with van der Waals surface area (Å²) in [4.78, 5) is 12.3. The van der Waals surface area contributed by atoms with Gasteiger partial charge in [-0.2, -0.15) is 13.2 Å². The van der Waals surface area contributed by atoms with E-state index in [9.17, 15) is 26.4 Å². The highest BCUT2D eigenvalue weighted by Crippen LogP contribution is 2.35. The molecule has 1 heterocycles. The third-order valence-electron chi connectivity index (χ3n) is 4.48. The van der Waals surface area contributed by atoms with Crippen molar-refractivity contribution >= 4 is 21.7 Å². The molecule has 0 aromatic heterocycles. The van der Waals surface area contributed by atoms with Crippen LogP contribution in [-0.4, -0.2) is 26.7 Å². The average Bonchev–Trinajstić information content (AvgIpc) is 2.94. The molecule has 5 nitrogen and oxygen atoms in total. The van der Waals surface area contributed by atoms with E-state index in [0.29, 0.717) is 17.7 Å². The molecular weight excluding hydrogens is 395 g/mol. The number of halogens is 3. The van der Waals surface area contributed by atoms with Gasteiger partial charge in [-0.15, -0.1) is 0 Å². The Labute approximate surface area is 160 Å². The molecule has 1 aliphatic rings. The maximum atomic E-state index is 12.6. The lowest BCUT2D eigenvalue weighted by Crippen LogP contribution is -2.34. The Kier molecular flexibility index (Phi) is 5.14. The molecule has 150 valence electrons. The van der Waals surface area contributed by atoms with Crippen LogP contribution in [0.1, 0.15) is 34.0 Å². The SMILES string of the molecule is CC1Cc2cc(C(=O)OCc3ccc(C(F)(F)F)cc3)ccc2N1S(C)(=O)=O. The number of nitrogens with zero attached hydrogens (tertiary/aromatic N) is 1. The van der Waals surface area contributed by atoms with Crippen molar-refractivity contribution in [2.24, 2.45) is 0 Å². The summed E-state index contributed by atoms with van der Waals surface area (Å²) in [5, 5.41) is 0. The van der Waals surface area contributed by atoms with Gasteiger partial charge in [0.15, 0.2) is 0 Å². The number of rotatable bonds is 4. The molecule has 0 bridgehead atoms. The van der Waals surface area contributed by atoms with E-state index < -0.39 is 27.7 Å². The average molecular weight is 413 g/mol. The first-order chi connectivity index (χ1) is 13.0. The van der Waals surface area contributed by atoms with E-state index in [-0.39, 0.29) is 18.2 Å². The number of fused-ring (bicyclic) bond motifs is 1. The van der Waals surface area contributed by atoms with Gasteiger partial charge in [-0.05, 0) is 54.8 Å². The first kappa shape index (κ1) is 20.2. The molecule has 2 aromatic rings. The largest absolute Gasteiger partial charge is 0.457 e. The van der Waals surface area contributed by atoms with Gasteiger partial charge in [0.2, 0.25) is 10.0 Å². The molecule has 1 aliphatic heterocycles. The number of carbonyl (C=O) groups excluding carboxylic acids is 1. The number of alkyl halides is 3. The van der Waals surface area contributed by atoms with Crippen LogP contribution in [0, 0.1) is 0 Å². The van der Waals surface area contributed by atoms with Crippen LogP contribution < -0.4 is 4.31 Å². The first-order valence-electron chi connectivity index (χ1n) is 8.42. The van der Waals surface area contributed by atoms with E-state index in [1.165, 1.54) is 22.5 Å². The van der Waals surface area contributed by atoms with Crippen molar-refractivity contribution in [3.05, 3.63) is 64.7 Å². The zero-order valence-electron chi connectivity index (χ0n) is 15.2. The van der Waals surface area contributed by atoms with Crippen molar-refractivity contribution in [1.29, 1.82) is 0 Å². The minimum absolute atomic E-state index is 0.167. The number of hydrogen-bond donors (Lipinski definition) is 0. The third-order valence-corrected chi connectivity index (χ3v) is 5.75. The quantitative estimate of drug-likeness (QED) is 0.716. The molecular formula is C19H18F3NO4S. The number of sulfonamides is 1. The lowest BCUT2D eigenvalue weighted by molar-refractivity contribution is -0.137. The number of esters is 1. The van der Waals surface area contributed by atoms with Crippen LogP contribution >= 0.6 is 0 Å². The predicted octanol–water partition coefficient (Wildman–Crippen LogP) is 3.77. The fourth-order valence-corrected chi connectivity index (χ4v) is 4.52. The summed E-state index contributed by atoms with van der Waals surface area (Å²) in [7, 11) is -3.42. The zero-order valence-corrected chi connectivity index (χ0v) is 16.0. The second kappa shape index (κ2) is 7.12. The lowest BCUT2D eigenvalue weighted by Gasteiger charge is -2.21. The molecule has 1 atom stereocenters. The molecule has 0 radical (unpaired) electrons. The summed E-state index contributed by atoms with van der Waals surface area (Å²) < 4.78 is 68.1. The minimum Gasteiger partial charge on any atom is -0.457 e. The van der Waals surface area contributed by atoms with Crippen LogP contribution in [0.4, 0.5) is 18.9 Å². The van der Waals surface area contributed by atoms with Crippen LogP contribution in [0.5, 0.6) is 0 Å². The van der Waals surface area contributed by atoms with Gasteiger partial charge in [-0.25, -0.2) is 13.2 Å². The predicted molar refractivity (Wildman–Crippen MR) is 97.5 cm³/mol. The summed E-state index contributed by atoms with van der Waals surface area (Å²) in [6.07, 6.45) is -2.82. The smallest absolute Gasteiger partial charge is 0.416 e.